The van der Waals surface area contributed by atoms with E-state index in [2.05, 4.69) is 6.07 Å². The molecule has 2 N–H and O–H groups in total. The first-order valence-corrected chi connectivity index (χ1v) is 4.79. The molecule has 0 unspecified atom stereocenters. The van der Waals surface area contributed by atoms with Gasteiger partial charge in [-0.15, -0.1) is 0 Å². The number of benzene rings is 1. The van der Waals surface area contributed by atoms with Crippen molar-refractivity contribution in [3.8, 4) is 6.07 Å². The van der Waals surface area contributed by atoms with Gasteiger partial charge in [0.2, 0.25) is 0 Å². The van der Waals surface area contributed by atoms with Crippen LogP contribution >= 0.6 is 0 Å². The number of nitrogens with two attached hydrogens (primary N) is 1. The minimum atomic E-state index is -0.117. The second kappa shape index (κ2) is 4.26. The van der Waals surface area contributed by atoms with Crippen molar-refractivity contribution in [2.45, 2.75) is 32.2 Å². The van der Waals surface area contributed by atoms with Crippen molar-refractivity contribution in [2.24, 2.45) is 5.73 Å². The Morgan fingerprint density at radius 3 is 2.29 bits per heavy atom. The van der Waals surface area contributed by atoms with Gasteiger partial charge in [0, 0.05) is 5.54 Å². The van der Waals surface area contributed by atoms with Crippen LogP contribution in [0.4, 0.5) is 0 Å². The maximum atomic E-state index is 8.62. The Balaban J connectivity index is 2.58. The smallest absolute Gasteiger partial charge is 0.0991 e. The predicted octanol–water partition coefficient (Wildman–Crippen LogP) is 2.23. The zero-order valence-corrected chi connectivity index (χ0v) is 8.75. The lowest BCUT2D eigenvalue weighted by Crippen LogP contribution is -2.32. The molecule has 0 aliphatic rings. The lowest BCUT2D eigenvalue weighted by atomic mass is 9.96. The molecule has 0 fully saturated rings. The topological polar surface area (TPSA) is 49.8 Å². The molecular weight excluding hydrogens is 172 g/mol. The van der Waals surface area contributed by atoms with E-state index in [9.17, 15) is 0 Å². The van der Waals surface area contributed by atoms with Crippen molar-refractivity contribution in [3.63, 3.8) is 0 Å². The van der Waals surface area contributed by atoms with Gasteiger partial charge in [-0.1, -0.05) is 12.1 Å². The molecule has 0 saturated carbocycles. The summed E-state index contributed by atoms with van der Waals surface area (Å²) in [5.74, 6) is 0. The van der Waals surface area contributed by atoms with Gasteiger partial charge in [-0.3, -0.25) is 0 Å². The van der Waals surface area contributed by atoms with Crippen LogP contribution in [0.3, 0.4) is 0 Å². The fourth-order valence-corrected chi connectivity index (χ4v) is 1.21. The number of hydrogen-bond donors (Lipinski definition) is 1. The highest BCUT2D eigenvalue weighted by atomic mass is 14.7. The molecule has 0 amide bonds. The Labute approximate surface area is 85.4 Å². The van der Waals surface area contributed by atoms with Crippen LogP contribution in [0.15, 0.2) is 24.3 Å². The summed E-state index contributed by atoms with van der Waals surface area (Å²) in [4.78, 5) is 0. The Morgan fingerprint density at radius 1 is 1.29 bits per heavy atom. The molecule has 14 heavy (non-hydrogen) atoms. The molecule has 0 aliphatic carbocycles. The standard InChI is InChI=1S/C12H16N2/c1-12(2,14)8-7-10-3-5-11(9-13)6-4-10/h3-6H,7-8,14H2,1-2H3. The first-order valence-electron chi connectivity index (χ1n) is 4.79. The van der Waals surface area contributed by atoms with E-state index in [1.807, 2.05) is 38.1 Å². The third kappa shape index (κ3) is 3.59. The number of aryl methyl sites for hydroxylation is 1. The van der Waals surface area contributed by atoms with Crippen molar-refractivity contribution >= 4 is 0 Å². The largest absolute Gasteiger partial charge is 0.326 e. The summed E-state index contributed by atoms with van der Waals surface area (Å²) < 4.78 is 0. The van der Waals surface area contributed by atoms with E-state index in [1.165, 1.54) is 5.56 Å². The second-order valence-electron chi connectivity index (χ2n) is 4.30. The zero-order chi connectivity index (χ0) is 10.6. The quantitative estimate of drug-likeness (QED) is 0.790. The van der Waals surface area contributed by atoms with Crippen molar-refractivity contribution in [3.05, 3.63) is 35.4 Å². The summed E-state index contributed by atoms with van der Waals surface area (Å²) in [7, 11) is 0. The second-order valence-corrected chi connectivity index (χ2v) is 4.30. The maximum Gasteiger partial charge on any atom is 0.0991 e. The maximum absolute atomic E-state index is 8.62. The van der Waals surface area contributed by atoms with Crippen LogP contribution < -0.4 is 5.73 Å². The van der Waals surface area contributed by atoms with Crippen molar-refractivity contribution < 1.29 is 0 Å². The lowest BCUT2D eigenvalue weighted by molar-refractivity contribution is 0.477. The third-order valence-corrected chi connectivity index (χ3v) is 2.14. The molecule has 0 radical (unpaired) electrons. The van der Waals surface area contributed by atoms with E-state index in [1.54, 1.807) is 0 Å². The van der Waals surface area contributed by atoms with Gasteiger partial charge in [-0.2, -0.15) is 5.26 Å². The molecule has 0 aromatic heterocycles. The predicted molar refractivity (Wildman–Crippen MR) is 57.7 cm³/mol. The summed E-state index contributed by atoms with van der Waals surface area (Å²) in [5.41, 5.74) is 7.72. The summed E-state index contributed by atoms with van der Waals surface area (Å²) in [6.45, 7) is 4.05. The Hall–Kier alpha value is -1.33. The van der Waals surface area contributed by atoms with E-state index in [4.69, 9.17) is 11.0 Å². The summed E-state index contributed by atoms with van der Waals surface area (Å²) in [6, 6.07) is 9.77. The van der Waals surface area contributed by atoms with Gasteiger partial charge < -0.3 is 5.73 Å². The first-order chi connectivity index (χ1) is 6.51. The van der Waals surface area contributed by atoms with Gasteiger partial charge in [-0.25, -0.2) is 0 Å². The van der Waals surface area contributed by atoms with Crippen molar-refractivity contribution in [1.29, 1.82) is 5.26 Å². The molecule has 0 saturated heterocycles. The summed E-state index contributed by atoms with van der Waals surface area (Å²) >= 11 is 0. The van der Waals surface area contributed by atoms with E-state index in [0.717, 1.165) is 12.8 Å². The number of rotatable bonds is 3. The zero-order valence-electron chi connectivity index (χ0n) is 8.75. The molecule has 0 aliphatic heterocycles. The summed E-state index contributed by atoms with van der Waals surface area (Å²) in [5, 5.41) is 8.62. The van der Waals surface area contributed by atoms with Gasteiger partial charge in [0.15, 0.2) is 0 Å². The van der Waals surface area contributed by atoms with Crippen molar-refractivity contribution in [1.82, 2.24) is 0 Å². The first kappa shape index (κ1) is 10.7. The molecule has 0 atom stereocenters. The van der Waals surface area contributed by atoms with Crippen LogP contribution in [0.5, 0.6) is 0 Å². The van der Waals surface area contributed by atoms with Crippen LogP contribution in [0, 0.1) is 11.3 Å². The van der Waals surface area contributed by atoms with E-state index in [0.29, 0.717) is 5.56 Å². The van der Waals surface area contributed by atoms with Gasteiger partial charge in [0.05, 0.1) is 11.6 Å². The number of hydrogen-bond acceptors (Lipinski definition) is 2. The third-order valence-electron chi connectivity index (χ3n) is 2.14. The van der Waals surface area contributed by atoms with Crippen LogP contribution in [-0.4, -0.2) is 5.54 Å². The molecule has 2 nitrogen and oxygen atoms in total. The number of nitriles is 1. The average Bonchev–Trinajstić information content (AvgIpc) is 2.14. The highest BCUT2D eigenvalue weighted by Crippen LogP contribution is 2.11. The molecule has 0 spiro atoms. The molecule has 0 heterocycles. The van der Waals surface area contributed by atoms with Crippen LogP contribution in [0.25, 0.3) is 0 Å². The van der Waals surface area contributed by atoms with Crippen molar-refractivity contribution in [2.75, 3.05) is 0 Å². The minimum absolute atomic E-state index is 0.117. The lowest BCUT2D eigenvalue weighted by Gasteiger charge is -2.17. The highest BCUT2D eigenvalue weighted by molar-refractivity contribution is 5.31. The van der Waals surface area contributed by atoms with Crippen LogP contribution in [0.2, 0.25) is 0 Å². The fourth-order valence-electron chi connectivity index (χ4n) is 1.21. The Bertz CT molecular complexity index is 325. The highest BCUT2D eigenvalue weighted by Gasteiger charge is 2.09. The fraction of sp³-hybridized carbons (Fsp3) is 0.417. The van der Waals surface area contributed by atoms with Gasteiger partial charge in [0.1, 0.15) is 0 Å². The van der Waals surface area contributed by atoms with E-state index < -0.39 is 0 Å². The molecule has 74 valence electrons. The van der Waals surface area contributed by atoms with Crippen LogP contribution in [-0.2, 0) is 6.42 Å². The Morgan fingerprint density at radius 2 is 1.86 bits per heavy atom. The molecule has 1 aromatic rings. The summed E-state index contributed by atoms with van der Waals surface area (Å²) in [6.07, 6.45) is 1.92. The van der Waals surface area contributed by atoms with Crippen LogP contribution in [0.1, 0.15) is 31.4 Å². The molecule has 1 rings (SSSR count). The monoisotopic (exact) mass is 188 g/mol. The molecule has 2 heteroatoms. The Kier molecular flexibility index (Phi) is 3.27. The molecule has 1 aromatic carbocycles. The van der Waals surface area contributed by atoms with Gasteiger partial charge in [0.25, 0.3) is 0 Å². The minimum Gasteiger partial charge on any atom is -0.326 e. The van der Waals surface area contributed by atoms with Gasteiger partial charge in [-0.05, 0) is 44.4 Å². The average molecular weight is 188 g/mol. The van der Waals surface area contributed by atoms with E-state index in [-0.39, 0.29) is 5.54 Å². The van der Waals surface area contributed by atoms with Gasteiger partial charge >= 0.3 is 0 Å². The number of nitrogens with zero attached hydrogens (tertiary/aromatic N) is 1. The van der Waals surface area contributed by atoms with E-state index >= 15 is 0 Å². The molecular formula is C12H16N2. The normalized spacial score (nSPS) is 11.0. The SMILES string of the molecule is CC(C)(N)CCc1ccc(C#N)cc1. The molecule has 0 bridgehead atoms.